The van der Waals surface area contributed by atoms with E-state index in [4.69, 9.17) is 0 Å². The molecule has 0 unspecified atom stereocenters. The summed E-state index contributed by atoms with van der Waals surface area (Å²) in [4.78, 5) is 2.46. The Hall–Kier alpha value is -1.69. The molecule has 1 saturated heterocycles. The van der Waals surface area contributed by atoms with Gasteiger partial charge in [-0.1, -0.05) is 55.0 Å². The first-order valence-electron chi connectivity index (χ1n) is 9.34. The van der Waals surface area contributed by atoms with E-state index in [-0.39, 0.29) is 5.75 Å². The first-order valence-corrected chi connectivity index (χ1v) is 11.0. The number of sulfonamides is 1. The van der Waals surface area contributed by atoms with Gasteiger partial charge in [-0.25, -0.2) is 13.1 Å². The minimum atomic E-state index is -3.37. The molecule has 0 saturated carbocycles. The van der Waals surface area contributed by atoms with Crippen LogP contribution in [-0.2, 0) is 28.9 Å². The number of nitrogens with zero attached hydrogens (tertiary/aromatic N) is 1. The van der Waals surface area contributed by atoms with Gasteiger partial charge < -0.3 is 0 Å². The molecule has 0 amide bonds. The molecule has 1 aliphatic heterocycles. The van der Waals surface area contributed by atoms with Gasteiger partial charge in [0, 0.05) is 13.1 Å². The van der Waals surface area contributed by atoms with Crippen molar-refractivity contribution in [3.63, 3.8) is 0 Å². The maximum Gasteiger partial charge on any atom is 0.216 e. The number of aryl methyl sites for hydroxylation is 1. The van der Waals surface area contributed by atoms with E-state index in [1.54, 1.807) is 0 Å². The smallest absolute Gasteiger partial charge is 0.216 e. The molecule has 140 valence electrons. The Morgan fingerprint density at radius 1 is 0.885 bits per heavy atom. The highest BCUT2D eigenvalue weighted by atomic mass is 32.2. The first-order chi connectivity index (χ1) is 12.5. The number of benzene rings is 2. The maximum absolute atomic E-state index is 12.5. The van der Waals surface area contributed by atoms with Crippen molar-refractivity contribution in [3.05, 3.63) is 70.8 Å². The van der Waals surface area contributed by atoms with Gasteiger partial charge in [-0.05, 0) is 55.1 Å². The van der Waals surface area contributed by atoms with Crippen molar-refractivity contribution >= 4 is 10.0 Å². The van der Waals surface area contributed by atoms with E-state index in [2.05, 4.69) is 15.7 Å². The van der Waals surface area contributed by atoms with Gasteiger partial charge in [-0.2, -0.15) is 0 Å². The minimum Gasteiger partial charge on any atom is -0.299 e. The largest absolute Gasteiger partial charge is 0.299 e. The highest BCUT2D eigenvalue weighted by molar-refractivity contribution is 7.88. The third kappa shape index (κ3) is 5.40. The van der Waals surface area contributed by atoms with E-state index in [9.17, 15) is 8.42 Å². The zero-order valence-corrected chi connectivity index (χ0v) is 16.3. The third-order valence-corrected chi connectivity index (χ3v) is 6.33. The summed E-state index contributed by atoms with van der Waals surface area (Å²) in [5.74, 6) is 0.0218. The van der Waals surface area contributed by atoms with Crippen molar-refractivity contribution in [3.8, 4) is 0 Å². The Labute approximate surface area is 157 Å². The molecule has 1 N–H and O–H groups in total. The van der Waals surface area contributed by atoms with Crippen LogP contribution in [0.4, 0.5) is 0 Å². The van der Waals surface area contributed by atoms with Crippen molar-refractivity contribution in [2.45, 2.75) is 45.0 Å². The van der Waals surface area contributed by atoms with Gasteiger partial charge in [-0.3, -0.25) is 4.90 Å². The lowest BCUT2D eigenvalue weighted by atomic mass is 10.1. The molecule has 1 aliphatic rings. The predicted octanol–water partition coefficient (Wildman–Crippen LogP) is 3.60. The topological polar surface area (TPSA) is 49.4 Å². The van der Waals surface area contributed by atoms with Crippen LogP contribution < -0.4 is 4.72 Å². The van der Waals surface area contributed by atoms with E-state index in [1.165, 1.54) is 24.8 Å². The van der Waals surface area contributed by atoms with E-state index in [0.29, 0.717) is 6.54 Å². The second kappa shape index (κ2) is 8.80. The fourth-order valence-corrected chi connectivity index (χ4v) is 4.67. The van der Waals surface area contributed by atoms with E-state index in [0.717, 1.165) is 36.3 Å². The lowest BCUT2D eigenvalue weighted by molar-refractivity contribution is 0.220. The van der Waals surface area contributed by atoms with Crippen molar-refractivity contribution in [1.29, 1.82) is 0 Å². The highest BCUT2D eigenvalue weighted by Gasteiger charge is 2.15. The summed E-state index contributed by atoms with van der Waals surface area (Å²) in [5, 5.41) is 0. The second-order valence-electron chi connectivity index (χ2n) is 7.11. The highest BCUT2D eigenvalue weighted by Crippen LogP contribution is 2.17. The molecule has 3 rings (SSSR count). The van der Waals surface area contributed by atoms with Gasteiger partial charge in [0.1, 0.15) is 0 Å². The normalized spacial score (nSPS) is 15.9. The van der Waals surface area contributed by atoms with Crippen LogP contribution in [0.25, 0.3) is 0 Å². The fourth-order valence-electron chi connectivity index (χ4n) is 3.46. The number of piperidine rings is 1. The summed E-state index contributed by atoms with van der Waals surface area (Å²) in [7, 11) is -3.37. The van der Waals surface area contributed by atoms with Crippen LogP contribution in [0, 0.1) is 6.92 Å². The summed E-state index contributed by atoms with van der Waals surface area (Å²) >= 11 is 0. The SMILES string of the molecule is Cc1ccccc1CS(=O)(=O)NCc1ccccc1CN1CCCCC1. The molecule has 0 aromatic heterocycles. The molecule has 0 bridgehead atoms. The maximum atomic E-state index is 12.5. The van der Waals surface area contributed by atoms with Crippen molar-refractivity contribution in [2.24, 2.45) is 0 Å². The molecule has 4 nitrogen and oxygen atoms in total. The average molecular weight is 373 g/mol. The first kappa shape index (κ1) is 19.1. The molecule has 2 aromatic rings. The second-order valence-corrected chi connectivity index (χ2v) is 8.92. The van der Waals surface area contributed by atoms with Crippen LogP contribution in [0.2, 0.25) is 0 Å². The molecular weight excluding hydrogens is 344 g/mol. The molecule has 2 aromatic carbocycles. The zero-order chi connectivity index (χ0) is 18.4. The quantitative estimate of drug-likeness (QED) is 0.808. The van der Waals surface area contributed by atoms with Gasteiger partial charge >= 0.3 is 0 Å². The Morgan fingerprint density at radius 3 is 2.19 bits per heavy atom. The monoisotopic (exact) mass is 372 g/mol. The predicted molar refractivity (Wildman–Crippen MR) is 106 cm³/mol. The molecule has 0 atom stereocenters. The lowest BCUT2D eigenvalue weighted by Gasteiger charge is -2.27. The van der Waals surface area contributed by atoms with Gasteiger partial charge in [0.2, 0.25) is 10.0 Å². The number of rotatable bonds is 7. The molecule has 0 spiro atoms. The van der Waals surface area contributed by atoms with Crippen LogP contribution in [-0.4, -0.2) is 26.4 Å². The lowest BCUT2D eigenvalue weighted by Crippen LogP contribution is -2.30. The standard InChI is InChI=1S/C21H28N2O2S/c1-18-9-3-4-12-21(18)17-26(24,25)22-15-19-10-5-6-11-20(19)16-23-13-7-2-8-14-23/h3-6,9-12,22H,2,7-8,13-17H2,1H3. The van der Waals surface area contributed by atoms with Crippen LogP contribution in [0.3, 0.4) is 0 Å². The van der Waals surface area contributed by atoms with Crippen LogP contribution in [0.5, 0.6) is 0 Å². The Morgan fingerprint density at radius 2 is 1.50 bits per heavy atom. The molecule has 26 heavy (non-hydrogen) atoms. The number of likely N-dealkylation sites (tertiary alicyclic amines) is 1. The van der Waals surface area contributed by atoms with Gasteiger partial charge in [0.25, 0.3) is 0 Å². The summed E-state index contributed by atoms with van der Waals surface area (Å²) in [6, 6.07) is 15.8. The molecule has 1 heterocycles. The van der Waals surface area contributed by atoms with Crippen LogP contribution in [0.15, 0.2) is 48.5 Å². The number of hydrogen-bond acceptors (Lipinski definition) is 3. The van der Waals surface area contributed by atoms with Crippen molar-refractivity contribution < 1.29 is 8.42 Å². The van der Waals surface area contributed by atoms with Crippen molar-refractivity contribution in [1.82, 2.24) is 9.62 Å². The summed E-state index contributed by atoms with van der Waals surface area (Å²) < 4.78 is 27.8. The van der Waals surface area contributed by atoms with Gasteiger partial charge in [0.15, 0.2) is 0 Å². The van der Waals surface area contributed by atoms with Crippen LogP contribution >= 0.6 is 0 Å². The Balaban J connectivity index is 1.64. The van der Waals surface area contributed by atoms with E-state index < -0.39 is 10.0 Å². The summed E-state index contributed by atoms with van der Waals surface area (Å²) in [5.41, 5.74) is 4.13. The Kier molecular flexibility index (Phi) is 6.46. The third-order valence-electron chi connectivity index (χ3n) is 5.05. The van der Waals surface area contributed by atoms with Crippen molar-refractivity contribution in [2.75, 3.05) is 13.1 Å². The molecule has 1 fully saturated rings. The average Bonchev–Trinajstić information content (AvgIpc) is 2.64. The van der Waals surface area contributed by atoms with E-state index in [1.807, 2.05) is 49.4 Å². The molecule has 0 radical (unpaired) electrons. The summed E-state index contributed by atoms with van der Waals surface area (Å²) in [6.07, 6.45) is 3.83. The van der Waals surface area contributed by atoms with Gasteiger partial charge in [-0.15, -0.1) is 0 Å². The summed E-state index contributed by atoms with van der Waals surface area (Å²) in [6.45, 7) is 5.45. The molecule has 0 aliphatic carbocycles. The number of nitrogens with one attached hydrogen (secondary N) is 1. The fraction of sp³-hybridized carbons (Fsp3) is 0.429. The van der Waals surface area contributed by atoms with Gasteiger partial charge in [0.05, 0.1) is 5.75 Å². The zero-order valence-electron chi connectivity index (χ0n) is 15.4. The minimum absolute atomic E-state index is 0.0218. The molecule has 5 heteroatoms. The van der Waals surface area contributed by atoms with E-state index >= 15 is 0 Å². The Bertz CT molecular complexity index is 827. The molecular formula is C21H28N2O2S. The number of hydrogen-bond donors (Lipinski definition) is 1. The van der Waals surface area contributed by atoms with Crippen LogP contribution in [0.1, 0.15) is 41.5 Å².